The molecule has 18 heavy (non-hydrogen) atoms. The zero-order valence-corrected chi connectivity index (χ0v) is 12.5. The van der Waals surface area contributed by atoms with Crippen molar-refractivity contribution in [2.75, 3.05) is 19.6 Å². The summed E-state index contributed by atoms with van der Waals surface area (Å²) >= 11 is 0. The van der Waals surface area contributed by atoms with E-state index in [4.69, 9.17) is 5.73 Å². The molecular formula is C16H32N2. The Kier molecular flexibility index (Phi) is 4.71. The van der Waals surface area contributed by atoms with Gasteiger partial charge in [-0.2, -0.15) is 0 Å². The third-order valence-corrected chi connectivity index (χ3v) is 5.24. The molecule has 2 N–H and O–H groups in total. The van der Waals surface area contributed by atoms with Crippen molar-refractivity contribution in [1.29, 1.82) is 0 Å². The van der Waals surface area contributed by atoms with Crippen molar-refractivity contribution in [2.45, 2.75) is 77.2 Å². The monoisotopic (exact) mass is 252 g/mol. The van der Waals surface area contributed by atoms with Crippen molar-refractivity contribution in [3.8, 4) is 0 Å². The van der Waals surface area contributed by atoms with Crippen LogP contribution < -0.4 is 5.73 Å². The van der Waals surface area contributed by atoms with Crippen LogP contribution in [0.4, 0.5) is 0 Å². The molecular weight excluding hydrogens is 220 g/mol. The van der Waals surface area contributed by atoms with Crippen LogP contribution in [0.5, 0.6) is 0 Å². The number of piperidine rings is 1. The lowest BCUT2D eigenvalue weighted by molar-refractivity contribution is 0.0566. The summed E-state index contributed by atoms with van der Waals surface area (Å²) in [5.74, 6) is 0. The van der Waals surface area contributed by atoms with Crippen LogP contribution in [-0.2, 0) is 0 Å². The fourth-order valence-corrected chi connectivity index (χ4v) is 4.15. The Labute approximate surface area is 113 Å². The number of rotatable bonds is 4. The second-order valence-corrected chi connectivity index (χ2v) is 7.24. The Morgan fingerprint density at radius 1 is 1.06 bits per heavy atom. The van der Waals surface area contributed by atoms with E-state index in [2.05, 4.69) is 18.7 Å². The molecule has 0 radical (unpaired) electrons. The molecule has 2 heteroatoms. The van der Waals surface area contributed by atoms with Crippen LogP contribution in [-0.4, -0.2) is 30.1 Å². The summed E-state index contributed by atoms with van der Waals surface area (Å²) < 4.78 is 0. The van der Waals surface area contributed by atoms with Gasteiger partial charge in [-0.15, -0.1) is 0 Å². The summed E-state index contributed by atoms with van der Waals surface area (Å²) in [7, 11) is 0. The Morgan fingerprint density at radius 2 is 1.67 bits per heavy atom. The molecule has 1 saturated heterocycles. The quantitative estimate of drug-likeness (QED) is 0.829. The molecule has 2 fully saturated rings. The topological polar surface area (TPSA) is 29.3 Å². The van der Waals surface area contributed by atoms with Gasteiger partial charge in [0.2, 0.25) is 0 Å². The SMILES string of the molecule is CCCC(C)(N)CN1CCC2(CCCCC2)CC1. The van der Waals surface area contributed by atoms with E-state index in [1.54, 1.807) is 0 Å². The lowest BCUT2D eigenvalue weighted by Crippen LogP contribution is -2.51. The van der Waals surface area contributed by atoms with Gasteiger partial charge in [-0.25, -0.2) is 0 Å². The van der Waals surface area contributed by atoms with Crippen LogP contribution >= 0.6 is 0 Å². The second kappa shape index (κ2) is 5.92. The van der Waals surface area contributed by atoms with Crippen molar-refractivity contribution >= 4 is 0 Å². The van der Waals surface area contributed by atoms with Gasteiger partial charge in [-0.1, -0.05) is 32.6 Å². The number of nitrogens with two attached hydrogens (primary N) is 1. The maximum absolute atomic E-state index is 6.39. The van der Waals surface area contributed by atoms with Crippen molar-refractivity contribution in [1.82, 2.24) is 4.90 Å². The van der Waals surface area contributed by atoms with Crippen LogP contribution in [0.25, 0.3) is 0 Å². The lowest BCUT2D eigenvalue weighted by atomic mass is 9.68. The van der Waals surface area contributed by atoms with E-state index in [0.29, 0.717) is 0 Å². The van der Waals surface area contributed by atoms with Gasteiger partial charge in [0.05, 0.1) is 0 Å². The van der Waals surface area contributed by atoms with E-state index in [9.17, 15) is 0 Å². The van der Waals surface area contributed by atoms with Crippen molar-refractivity contribution in [3.63, 3.8) is 0 Å². The Morgan fingerprint density at radius 3 is 2.22 bits per heavy atom. The van der Waals surface area contributed by atoms with Crippen LogP contribution in [0.3, 0.4) is 0 Å². The summed E-state index contributed by atoms with van der Waals surface area (Å²) in [6.45, 7) is 8.13. The maximum Gasteiger partial charge on any atom is 0.0254 e. The predicted molar refractivity (Wildman–Crippen MR) is 78.7 cm³/mol. The highest BCUT2D eigenvalue weighted by atomic mass is 15.2. The third-order valence-electron chi connectivity index (χ3n) is 5.24. The summed E-state index contributed by atoms with van der Waals surface area (Å²) in [5.41, 5.74) is 7.13. The van der Waals surface area contributed by atoms with Crippen LogP contribution in [0.15, 0.2) is 0 Å². The lowest BCUT2D eigenvalue weighted by Gasteiger charge is -2.46. The minimum atomic E-state index is 0.0197. The van der Waals surface area contributed by atoms with E-state index in [1.165, 1.54) is 64.5 Å². The van der Waals surface area contributed by atoms with Gasteiger partial charge in [0, 0.05) is 12.1 Å². The first-order valence-corrected chi connectivity index (χ1v) is 8.07. The van der Waals surface area contributed by atoms with Gasteiger partial charge in [0.25, 0.3) is 0 Å². The van der Waals surface area contributed by atoms with Gasteiger partial charge in [0.1, 0.15) is 0 Å². The standard InChI is InChI=1S/C16H32N2/c1-3-7-15(2,17)14-18-12-10-16(11-13-18)8-5-4-6-9-16/h3-14,17H2,1-2H3. The molecule has 1 saturated carbocycles. The number of hydrogen-bond acceptors (Lipinski definition) is 2. The molecule has 1 atom stereocenters. The maximum atomic E-state index is 6.39. The highest BCUT2D eigenvalue weighted by Gasteiger charge is 2.36. The van der Waals surface area contributed by atoms with Crippen LogP contribution in [0.2, 0.25) is 0 Å². The summed E-state index contributed by atoms with van der Waals surface area (Å²) in [4.78, 5) is 2.62. The third kappa shape index (κ3) is 3.71. The van der Waals surface area contributed by atoms with Crippen LogP contribution in [0.1, 0.15) is 71.6 Å². The van der Waals surface area contributed by atoms with Crippen molar-refractivity contribution in [2.24, 2.45) is 11.1 Å². The molecule has 1 aliphatic carbocycles. The molecule has 1 spiro atoms. The van der Waals surface area contributed by atoms with Crippen molar-refractivity contribution < 1.29 is 0 Å². The molecule has 0 bridgehead atoms. The Balaban J connectivity index is 1.79. The Hall–Kier alpha value is -0.0800. The Bertz CT molecular complexity index is 244. The smallest absolute Gasteiger partial charge is 0.0254 e. The van der Waals surface area contributed by atoms with Gasteiger partial charge in [0.15, 0.2) is 0 Å². The molecule has 0 aromatic heterocycles. The molecule has 1 heterocycles. The highest BCUT2D eigenvalue weighted by molar-refractivity contribution is 4.91. The van der Waals surface area contributed by atoms with Gasteiger partial charge >= 0.3 is 0 Å². The van der Waals surface area contributed by atoms with Crippen LogP contribution in [0, 0.1) is 5.41 Å². The van der Waals surface area contributed by atoms with Gasteiger partial charge in [-0.3, -0.25) is 0 Å². The van der Waals surface area contributed by atoms with Gasteiger partial charge in [-0.05, 0) is 57.5 Å². The fraction of sp³-hybridized carbons (Fsp3) is 1.00. The number of hydrogen-bond donors (Lipinski definition) is 1. The molecule has 0 aromatic rings. The highest BCUT2D eigenvalue weighted by Crippen LogP contribution is 2.44. The average molecular weight is 252 g/mol. The fourth-order valence-electron chi connectivity index (χ4n) is 4.15. The molecule has 2 rings (SSSR count). The minimum absolute atomic E-state index is 0.0197. The first-order valence-electron chi connectivity index (χ1n) is 8.07. The molecule has 0 aromatic carbocycles. The number of nitrogens with zero attached hydrogens (tertiary/aromatic N) is 1. The molecule has 1 unspecified atom stereocenters. The van der Waals surface area contributed by atoms with Crippen molar-refractivity contribution in [3.05, 3.63) is 0 Å². The minimum Gasteiger partial charge on any atom is -0.324 e. The van der Waals surface area contributed by atoms with E-state index in [1.807, 2.05) is 0 Å². The first kappa shape index (κ1) is 14.3. The largest absolute Gasteiger partial charge is 0.324 e. The molecule has 0 amide bonds. The van der Waals surface area contributed by atoms with E-state index in [0.717, 1.165) is 18.4 Å². The molecule has 1 aliphatic heterocycles. The zero-order valence-electron chi connectivity index (χ0n) is 12.5. The summed E-state index contributed by atoms with van der Waals surface area (Å²) in [6, 6.07) is 0. The van der Waals surface area contributed by atoms with E-state index in [-0.39, 0.29) is 5.54 Å². The summed E-state index contributed by atoms with van der Waals surface area (Å²) in [6.07, 6.45) is 12.6. The molecule has 2 nitrogen and oxygen atoms in total. The van der Waals surface area contributed by atoms with E-state index >= 15 is 0 Å². The second-order valence-electron chi connectivity index (χ2n) is 7.24. The predicted octanol–water partition coefficient (Wildman–Crippen LogP) is 3.55. The van der Waals surface area contributed by atoms with E-state index < -0.39 is 0 Å². The molecule has 2 aliphatic rings. The summed E-state index contributed by atoms with van der Waals surface area (Å²) in [5, 5.41) is 0. The first-order chi connectivity index (χ1) is 8.55. The number of likely N-dealkylation sites (tertiary alicyclic amines) is 1. The normalized spacial score (nSPS) is 28.2. The molecule has 106 valence electrons. The average Bonchev–Trinajstić information content (AvgIpc) is 2.33. The zero-order chi connectivity index (χ0) is 13.1. The van der Waals surface area contributed by atoms with Gasteiger partial charge < -0.3 is 10.6 Å².